The molecule has 32 heavy (non-hydrogen) atoms. The summed E-state index contributed by atoms with van der Waals surface area (Å²) in [6, 6.07) is 9.44. The first-order valence-electron chi connectivity index (χ1n) is 9.98. The molecule has 170 valence electrons. The van der Waals surface area contributed by atoms with Crippen LogP contribution in [0.1, 0.15) is 12.8 Å². The van der Waals surface area contributed by atoms with Gasteiger partial charge in [0, 0.05) is 47.7 Å². The maximum atomic E-state index is 12.8. The first-order valence-corrected chi connectivity index (χ1v) is 11.5. The fraction of sp³-hybridized carbons (Fsp3) is 0.350. The lowest BCUT2D eigenvalue weighted by molar-refractivity contribution is -0.136. The minimum absolute atomic E-state index is 0.0385. The van der Waals surface area contributed by atoms with Crippen LogP contribution in [0.25, 0.3) is 11.0 Å². The zero-order chi connectivity index (χ0) is 22.7. The van der Waals surface area contributed by atoms with Gasteiger partial charge in [0.1, 0.15) is 23.5 Å². The molecule has 10 nitrogen and oxygen atoms in total. The molecule has 2 aromatic heterocycles. The second-order valence-electron chi connectivity index (χ2n) is 7.53. The van der Waals surface area contributed by atoms with Gasteiger partial charge in [-0.1, -0.05) is 11.6 Å². The van der Waals surface area contributed by atoms with E-state index in [9.17, 15) is 4.79 Å². The number of ether oxygens (including phenoxy) is 1. The summed E-state index contributed by atoms with van der Waals surface area (Å²) in [5, 5.41) is 5.70. The summed E-state index contributed by atoms with van der Waals surface area (Å²) in [5.74, 6) is 1.63. The molecule has 3 unspecified atom stereocenters. The SMILES string of the molecule is NS(=O)[O-].O=C(COc1ccc(Cl)cc1)N1C2CCC1CN(c1ncnc3[nH]ccc13)C2. The van der Waals surface area contributed by atoms with Gasteiger partial charge in [0.15, 0.2) is 6.61 Å². The zero-order valence-electron chi connectivity index (χ0n) is 17.0. The molecular weight excluding hydrogens is 456 g/mol. The largest absolute Gasteiger partial charge is 0.760 e. The number of nitrogens with one attached hydrogen (secondary N) is 1. The van der Waals surface area contributed by atoms with Crippen molar-refractivity contribution in [2.45, 2.75) is 24.9 Å². The molecule has 0 spiro atoms. The molecule has 0 radical (unpaired) electrons. The molecule has 0 saturated carbocycles. The maximum Gasteiger partial charge on any atom is 0.261 e. The number of carbonyl (C=O) groups excluding carboxylic acids is 1. The minimum Gasteiger partial charge on any atom is -0.760 e. The average molecular weight is 478 g/mol. The lowest BCUT2D eigenvalue weighted by atomic mass is 10.1. The van der Waals surface area contributed by atoms with Crippen LogP contribution in [0.15, 0.2) is 42.9 Å². The number of aromatic nitrogens is 3. The Morgan fingerprint density at radius 1 is 1.22 bits per heavy atom. The van der Waals surface area contributed by atoms with Gasteiger partial charge in [-0.15, -0.1) is 0 Å². The van der Waals surface area contributed by atoms with Crippen LogP contribution in [-0.4, -0.2) is 66.3 Å². The summed E-state index contributed by atoms with van der Waals surface area (Å²) in [5.41, 5.74) is 0.840. The van der Waals surface area contributed by atoms with Gasteiger partial charge < -0.3 is 24.1 Å². The van der Waals surface area contributed by atoms with Crippen LogP contribution >= 0.6 is 11.6 Å². The third-order valence-corrected chi connectivity index (χ3v) is 5.83. The lowest BCUT2D eigenvalue weighted by Gasteiger charge is -2.41. The van der Waals surface area contributed by atoms with E-state index < -0.39 is 11.3 Å². The molecule has 2 aliphatic heterocycles. The monoisotopic (exact) mass is 477 g/mol. The van der Waals surface area contributed by atoms with Crippen LogP contribution in [0.2, 0.25) is 5.02 Å². The minimum atomic E-state index is -2.36. The number of benzene rings is 1. The Kier molecular flexibility index (Phi) is 6.89. The first-order chi connectivity index (χ1) is 15.4. The Morgan fingerprint density at radius 3 is 2.53 bits per heavy atom. The summed E-state index contributed by atoms with van der Waals surface area (Å²) >= 11 is 3.53. The van der Waals surface area contributed by atoms with E-state index in [2.05, 4.69) is 25.0 Å². The quantitative estimate of drug-likeness (QED) is 0.544. The Hall–Kier alpha value is -2.73. The maximum absolute atomic E-state index is 12.8. The van der Waals surface area contributed by atoms with Gasteiger partial charge in [-0.05, 0) is 43.2 Å². The number of carbonyl (C=O) groups is 1. The molecule has 2 saturated heterocycles. The molecule has 3 N–H and O–H groups in total. The number of H-pyrrole nitrogens is 1. The number of aromatic amines is 1. The van der Waals surface area contributed by atoms with Crippen molar-refractivity contribution in [3.63, 3.8) is 0 Å². The van der Waals surface area contributed by atoms with Crippen molar-refractivity contribution < 1.29 is 18.3 Å². The fourth-order valence-corrected chi connectivity index (χ4v) is 4.47. The molecule has 1 amide bonds. The number of amides is 1. The number of anilines is 1. The third-order valence-electron chi connectivity index (χ3n) is 5.58. The summed E-state index contributed by atoms with van der Waals surface area (Å²) in [4.78, 5) is 29.0. The van der Waals surface area contributed by atoms with Crippen LogP contribution in [0.5, 0.6) is 5.75 Å². The van der Waals surface area contributed by atoms with Crippen molar-refractivity contribution in [2.24, 2.45) is 5.14 Å². The topological polar surface area (TPSA) is 140 Å². The summed E-state index contributed by atoms with van der Waals surface area (Å²) in [6.07, 6.45) is 5.49. The van der Waals surface area contributed by atoms with E-state index in [1.807, 2.05) is 17.2 Å². The molecular formula is C20H22ClN6O4S-. The van der Waals surface area contributed by atoms with E-state index in [-0.39, 0.29) is 24.6 Å². The highest BCUT2D eigenvalue weighted by Gasteiger charge is 2.43. The fourth-order valence-electron chi connectivity index (χ4n) is 4.34. The van der Waals surface area contributed by atoms with Crippen molar-refractivity contribution in [3.05, 3.63) is 47.9 Å². The van der Waals surface area contributed by atoms with Crippen LogP contribution in [0.4, 0.5) is 5.82 Å². The highest BCUT2D eigenvalue weighted by Crippen LogP contribution is 2.34. The van der Waals surface area contributed by atoms with Crippen molar-refractivity contribution in [1.29, 1.82) is 0 Å². The van der Waals surface area contributed by atoms with E-state index in [1.54, 1.807) is 30.6 Å². The van der Waals surface area contributed by atoms with Gasteiger partial charge >= 0.3 is 0 Å². The molecule has 2 aliphatic rings. The molecule has 12 heteroatoms. The van der Waals surface area contributed by atoms with Crippen LogP contribution in [0.3, 0.4) is 0 Å². The van der Waals surface area contributed by atoms with E-state index >= 15 is 0 Å². The number of fused-ring (bicyclic) bond motifs is 3. The smallest absolute Gasteiger partial charge is 0.261 e. The predicted octanol–water partition coefficient (Wildman–Crippen LogP) is 1.61. The molecule has 1 aromatic carbocycles. The highest BCUT2D eigenvalue weighted by molar-refractivity contribution is 7.76. The second kappa shape index (κ2) is 9.82. The van der Waals surface area contributed by atoms with E-state index in [1.165, 1.54) is 0 Å². The molecule has 4 heterocycles. The van der Waals surface area contributed by atoms with Gasteiger partial charge in [0.25, 0.3) is 5.91 Å². The second-order valence-corrected chi connectivity index (χ2v) is 8.49. The number of hydrogen-bond donors (Lipinski definition) is 2. The summed E-state index contributed by atoms with van der Waals surface area (Å²) < 4.78 is 23.2. The number of nitrogens with two attached hydrogens (primary N) is 1. The van der Waals surface area contributed by atoms with Crippen molar-refractivity contribution in [1.82, 2.24) is 19.9 Å². The van der Waals surface area contributed by atoms with Gasteiger partial charge in [0.2, 0.25) is 0 Å². The van der Waals surface area contributed by atoms with Crippen molar-refractivity contribution >= 4 is 45.6 Å². The van der Waals surface area contributed by atoms with Gasteiger partial charge in [-0.2, -0.15) is 0 Å². The van der Waals surface area contributed by atoms with Crippen molar-refractivity contribution in [3.8, 4) is 5.75 Å². The molecule has 2 bridgehead atoms. The number of hydrogen-bond acceptors (Lipinski definition) is 7. The van der Waals surface area contributed by atoms with Crippen molar-refractivity contribution in [2.75, 3.05) is 24.6 Å². The molecule has 5 rings (SSSR count). The summed E-state index contributed by atoms with van der Waals surface area (Å²) in [7, 11) is 0. The Labute approximate surface area is 192 Å². The van der Waals surface area contributed by atoms with E-state index in [0.717, 1.165) is 42.8 Å². The Balaban J connectivity index is 0.000000567. The van der Waals surface area contributed by atoms with Crippen LogP contribution in [0, 0.1) is 0 Å². The zero-order valence-corrected chi connectivity index (χ0v) is 18.6. The van der Waals surface area contributed by atoms with Crippen LogP contribution < -0.4 is 14.8 Å². The third kappa shape index (κ3) is 5.01. The number of nitrogens with zero attached hydrogens (tertiary/aromatic N) is 4. The van der Waals surface area contributed by atoms with Gasteiger partial charge in [0.05, 0.1) is 5.39 Å². The number of halogens is 1. The average Bonchev–Trinajstić information content (AvgIpc) is 3.34. The highest BCUT2D eigenvalue weighted by atomic mass is 35.5. The van der Waals surface area contributed by atoms with E-state index in [4.69, 9.17) is 25.1 Å². The van der Waals surface area contributed by atoms with Gasteiger partial charge in [-0.3, -0.25) is 14.1 Å². The standard InChI is InChI=1S/C20H20ClN5O2.H3NO2S/c21-13-1-5-16(6-2-13)28-11-18(27)26-14-3-4-15(26)10-25(9-14)20-17-7-8-22-19(17)23-12-24-20;1-4(2)3/h1-2,5-8,12,14-15H,3-4,9-11H2,(H,22,23,24);1H2,(H,2,3)/p-1. The summed E-state index contributed by atoms with van der Waals surface area (Å²) in [6.45, 7) is 1.60. The van der Waals surface area contributed by atoms with E-state index in [0.29, 0.717) is 10.8 Å². The predicted molar refractivity (Wildman–Crippen MR) is 120 cm³/mol. The molecule has 3 atom stereocenters. The first kappa shape index (κ1) is 22.5. The Morgan fingerprint density at radius 2 is 1.88 bits per heavy atom. The molecule has 0 aliphatic carbocycles. The van der Waals surface area contributed by atoms with Gasteiger partial charge in [-0.25, -0.2) is 9.97 Å². The molecule has 2 fully saturated rings. The molecule has 3 aromatic rings. The normalized spacial score (nSPS) is 20.6. The number of piperazine rings is 1. The Bertz CT molecular complexity index is 1090. The lowest BCUT2D eigenvalue weighted by Crippen LogP contribution is -2.57. The van der Waals surface area contributed by atoms with Crippen LogP contribution in [-0.2, 0) is 16.1 Å². The number of rotatable bonds is 4.